The van der Waals surface area contributed by atoms with E-state index in [1.54, 1.807) is 7.11 Å². The van der Waals surface area contributed by atoms with Crippen molar-refractivity contribution in [2.75, 3.05) is 13.7 Å². The van der Waals surface area contributed by atoms with Gasteiger partial charge in [-0.2, -0.15) is 0 Å². The van der Waals surface area contributed by atoms with Crippen LogP contribution in [0.3, 0.4) is 0 Å². The molecule has 3 saturated carbocycles. The first kappa shape index (κ1) is 24.4. The van der Waals surface area contributed by atoms with E-state index in [-0.39, 0.29) is 18.0 Å². The largest absolute Gasteiger partial charge is 0.494 e. The Morgan fingerprint density at radius 3 is 2.58 bits per heavy atom. The van der Waals surface area contributed by atoms with Crippen molar-refractivity contribution in [2.24, 2.45) is 30.4 Å². The highest BCUT2D eigenvalue weighted by Gasteiger charge is 2.47. The Morgan fingerprint density at radius 2 is 1.90 bits per heavy atom. The van der Waals surface area contributed by atoms with E-state index >= 15 is 0 Å². The molecule has 8 rings (SSSR count). The SMILES string of the molecule is COc1cc(C(=O)N2C[C@H]3CC[C@@H]2[C@@H]3N)cc2nc(-c3cc4cccc(C5CC(N)C5)c4n3CC3CC3)n(C)c12. The van der Waals surface area contributed by atoms with E-state index in [0.717, 1.165) is 61.3 Å². The number of amides is 1. The van der Waals surface area contributed by atoms with Crippen molar-refractivity contribution in [3.63, 3.8) is 0 Å². The molecule has 2 bridgehead atoms. The lowest BCUT2D eigenvalue weighted by atomic mass is 9.76. The monoisotopic (exact) mass is 538 g/mol. The fraction of sp³-hybridized carbons (Fsp3) is 0.500. The van der Waals surface area contributed by atoms with Crippen LogP contribution in [0.15, 0.2) is 36.4 Å². The zero-order valence-corrected chi connectivity index (χ0v) is 23.3. The molecule has 4 N–H and O–H groups in total. The van der Waals surface area contributed by atoms with Crippen LogP contribution in [0.2, 0.25) is 0 Å². The van der Waals surface area contributed by atoms with Gasteiger partial charge >= 0.3 is 0 Å². The van der Waals surface area contributed by atoms with Crippen molar-refractivity contribution in [1.82, 2.24) is 19.0 Å². The van der Waals surface area contributed by atoms with Gasteiger partial charge in [0.1, 0.15) is 11.3 Å². The number of benzene rings is 2. The summed E-state index contributed by atoms with van der Waals surface area (Å²) < 4.78 is 10.5. The number of para-hydroxylation sites is 1. The zero-order valence-electron chi connectivity index (χ0n) is 23.3. The number of nitrogens with zero attached hydrogens (tertiary/aromatic N) is 4. The van der Waals surface area contributed by atoms with Crippen LogP contribution in [0.5, 0.6) is 5.75 Å². The molecule has 4 fully saturated rings. The third kappa shape index (κ3) is 3.58. The van der Waals surface area contributed by atoms with E-state index < -0.39 is 0 Å². The molecule has 4 aromatic rings. The molecule has 2 aromatic heterocycles. The van der Waals surface area contributed by atoms with Crippen LogP contribution in [-0.4, -0.2) is 56.7 Å². The summed E-state index contributed by atoms with van der Waals surface area (Å²) in [4.78, 5) is 20.8. The van der Waals surface area contributed by atoms with Crippen LogP contribution in [0.25, 0.3) is 33.5 Å². The van der Waals surface area contributed by atoms with Crippen molar-refractivity contribution in [1.29, 1.82) is 0 Å². The number of methoxy groups -OCH3 is 1. The normalized spacial score (nSPS) is 27.6. The molecular formula is C32H38N6O2. The molecule has 40 heavy (non-hydrogen) atoms. The summed E-state index contributed by atoms with van der Waals surface area (Å²) in [6, 6.07) is 13.3. The van der Waals surface area contributed by atoms with E-state index in [4.69, 9.17) is 21.2 Å². The molecular weight excluding hydrogens is 500 g/mol. The maximum atomic E-state index is 13.7. The van der Waals surface area contributed by atoms with E-state index in [2.05, 4.69) is 40.4 Å². The smallest absolute Gasteiger partial charge is 0.254 e. The van der Waals surface area contributed by atoms with E-state index in [9.17, 15) is 4.79 Å². The summed E-state index contributed by atoms with van der Waals surface area (Å²) in [7, 11) is 3.72. The molecule has 0 unspecified atom stereocenters. The van der Waals surface area contributed by atoms with Crippen molar-refractivity contribution in [3.05, 3.63) is 47.5 Å². The Balaban J connectivity index is 1.25. The van der Waals surface area contributed by atoms with Crippen molar-refractivity contribution >= 4 is 27.8 Å². The number of fused-ring (bicyclic) bond motifs is 4. The van der Waals surface area contributed by atoms with Gasteiger partial charge in [-0.15, -0.1) is 0 Å². The molecule has 1 aliphatic heterocycles. The minimum Gasteiger partial charge on any atom is -0.494 e. The van der Waals surface area contributed by atoms with Crippen molar-refractivity contribution in [2.45, 2.75) is 69.1 Å². The van der Waals surface area contributed by atoms with Gasteiger partial charge in [0.05, 0.1) is 23.8 Å². The molecule has 3 heterocycles. The number of aryl methyl sites for hydroxylation is 1. The van der Waals surface area contributed by atoms with Crippen LogP contribution in [0.4, 0.5) is 0 Å². The summed E-state index contributed by atoms with van der Waals surface area (Å²) in [6.45, 7) is 1.74. The predicted molar refractivity (Wildman–Crippen MR) is 156 cm³/mol. The average molecular weight is 539 g/mol. The second-order valence-electron chi connectivity index (χ2n) is 12.8. The third-order valence-corrected chi connectivity index (χ3v) is 10.2. The van der Waals surface area contributed by atoms with Gasteiger partial charge < -0.3 is 30.2 Å². The van der Waals surface area contributed by atoms with E-state index in [1.165, 1.54) is 29.3 Å². The second-order valence-corrected chi connectivity index (χ2v) is 12.8. The van der Waals surface area contributed by atoms with Crippen LogP contribution < -0.4 is 16.2 Å². The Morgan fingerprint density at radius 1 is 1.07 bits per heavy atom. The number of piperidine rings is 1. The summed E-state index contributed by atoms with van der Waals surface area (Å²) >= 11 is 0. The Kier molecular flexibility index (Phi) is 5.39. The quantitative estimate of drug-likeness (QED) is 0.379. The summed E-state index contributed by atoms with van der Waals surface area (Å²) in [5, 5.41) is 1.25. The van der Waals surface area contributed by atoms with Gasteiger partial charge in [-0.25, -0.2) is 4.98 Å². The molecule has 1 amide bonds. The molecule has 2 aromatic carbocycles. The number of aromatic nitrogens is 3. The van der Waals surface area contributed by atoms with Gasteiger partial charge in [-0.1, -0.05) is 18.2 Å². The average Bonchev–Trinajstić information content (AvgIpc) is 3.33. The minimum atomic E-state index is 0.0289. The van der Waals surface area contributed by atoms with E-state index in [1.807, 2.05) is 17.0 Å². The first-order valence-electron chi connectivity index (χ1n) is 14.9. The van der Waals surface area contributed by atoms with Crippen molar-refractivity contribution in [3.8, 4) is 17.3 Å². The molecule has 0 spiro atoms. The Bertz CT molecular complexity index is 1660. The maximum absolute atomic E-state index is 13.7. The molecule has 3 aliphatic carbocycles. The van der Waals surface area contributed by atoms with E-state index in [0.29, 0.717) is 35.1 Å². The number of ether oxygens (including phenoxy) is 1. The zero-order chi connectivity index (χ0) is 27.3. The van der Waals surface area contributed by atoms with Crippen LogP contribution in [0.1, 0.15) is 60.4 Å². The highest BCUT2D eigenvalue weighted by Crippen LogP contribution is 2.44. The molecule has 4 aliphatic rings. The van der Waals surface area contributed by atoms with Gasteiger partial charge in [0, 0.05) is 49.2 Å². The molecule has 1 saturated heterocycles. The lowest BCUT2D eigenvalue weighted by Gasteiger charge is -2.33. The fourth-order valence-corrected chi connectivity index (χ4v) is 7.80. The summed E-state index contributed by atoms with van der Waals surface area (Å²) in [6.07, 6.45) is 6.76. The summed E-state index contributed by atoms with van der Waals surface area (Å²) in [5.41, 5.74) is 18.8. The standard InChI is InChI=1S/C32H38N6O2/c1-36-30-24(12-21(14-27(30)40-2)32(39)38-16-19-8-9-25(38)28(19)34)35-31(36)26-13-18-4-3-5-23(20-10-22(33)11-20)29(18)37(26)15-17-6-7-17/h3-5,12-14,17,19-20,22,25,28H,6-11,15-16,33-34H2,1-2H3/t19-,20?,22?,25-,28-/m1/s1. The predicted octanol–water partition coefficient (Wildman–Crippen LogP) is 4.38. The lowest BCUT2D eigenvalue weighted by molar-refractivity contribution is 0.0700. The number of hydrogen-bond acceptors (Lipinski definition) is 5. The van der Waals surface area contributed by atoms with Crippen LogP contribution >= 0.6 is 0 Å². The lowest BCUT2D eigenvalue weighted by Crippen LogP contribution is -2.41. The maximum Gasteiger partial charge on any atom is 0.254 e. The molecule has 0 radical (unpaired) electrons. The van der Waals surface area contributed by atoms with Crippen LogP contribution in [0, 0.1) is 11.8 Å². The fourth-order valence-electron chi connectivity index (χ4n) is 7.80. The highest BCUT2D eigenvalue weighted by atomic mass is 16.5. The molecule has 208 valence electrons. The van der Waals surface area contributed by atoms with Gasteiger partial charge in [-0.3, -0.25) is 4.79 Å². The highest BCUT2D eigenvalue weighted by molar-refractivity contribution is 6.00. The Labute approximate surface area is 234 Å². The number of carbonyl (C=O) groups is 1. The molecule has 3 atom stereocenters. The number of imidazole rings is 1. The van der Waals surface area contributed by atoms with Gasteiger partial charge in [0.25, 0.3) is 5.91 Å². The van der Waals surface area contributed by atoms with Gasteiger partial charge in [0.15, 0.2) is 5.82 Å². The summed E-state index contributed by atoms with van der Waals surface area (Å²) in [5.74, 6) is 3.23. The van der Waals surface area contributed by atoms with Gasteiger partial charge in [-0.05, 0) is 80.0 Å². The first-order chi connectivity index (χ1) is 19.4. The third-order valence-electron chi connectivity index (χ3n) is 10.2. The van der Waals surface area contributed by atoms with Crippen LogP contribution in [-0.2, 0) is 13.6 Å². The number of likely N-dealkylation sites (tertiary alicyclic amines) is 1. The number of hydrogen-bond donors (Lipinski definition) is 2. The number of carbonyl (C=O) groups excluding carboxylic acids is 1. The number of rotatable bonds is 6. The Hall–Kier alpha value is -3.36. The minimum absolute atomic E-state index is 0.0289. The molecule has 8 heteroatoms. The number of nitrogens with two attached hydrogens (primary N) is 2. The first-order valence-corrected chi connectivity index (χ1v) is 14.9. The molecule has 8 nitrogen and oxygen atoms in total. The second kappa shape index (κ2) is 8.82. The topological polar surface area (TPSA) is 104 Å². The van der Waals surface area contributed by atoms with Crippen molar-refractivity contribution < 1.29 is 9.53 Å². The van der Waals surface area contributed by atoms with Gasteiger partial charge in [0.2, 0.25) is 0 Å².